The highest BCUT2D eigenvalue weighted by Crippen LogP contribution is 2.26. The highest BCUT2D eigenvalue weighted by molar-refractivity contribution is 7.91. The van der Waals surface area contributed by atoms with E-state index in [-0.39, 0.29) is 24.0 Å². The predicted octanol–water partition coefficient (Wildman–Crippen LogP) is 4.29. The molecule has 0 saturated carbocycles. The second kappa shape index (κ2) is 8.94. The van der Waals surface area contributed by atoms with Gasteiger partial charge < -0.3 is 9.64 Å². The van der Waals surface area contributed by atoms with Gasteiger partial charge in [0.15, 0.2) is 15.9 Å². The molecule has 29 heavy (non-hydrogen) atoms. The summed E-state index contributed by atoms with van der Waals surface area (Å²) >= 11 is 12.3. The van der Waals surface area contributed by atoms with Gasteiger partial charge >= 0.3 is 0 Å². The summed E-state index contributed by atoms with van der Waals surface area (Å²) in [6.45, 7) is 3.75. The topological polar surface area (TPSA) is 63.7 Å². The molecule has 0 unspecified atom stereocenters. The van der Waals surface area contributed by atoms with Crippen molar-refractivity contribution in [3.63, 3.8) is 0 Å². The Bertz CT molecular complexity index is 1010. The molecule has 2 aromatic carbocycles. The lowest BCUT2D eigenvalue weighted by Crippen LogP contribution is -2.46. The molecule has 0 aromatic heterocycles. The van der Waals surface area contributed by atoms with E-state index in [0.29, 0.717) is 22.2 Å². The number of carbonyl (C=O) groups is 1. The number of sulfone groups is 1. The van der Waals surface area contributed by atoms with Gasteiger partial charge in [-0.05, 0) is 55.7 Å². The van der Waals surface area contributed by atoms with E-state index >= 15 is 0 Å². The molecule has 2 atom stereocenters. The first-order valence-electron chi connectivity index (χ1n) is 9.33. The lowest BCUT2D eigenvalue weighted by atomic mass is 10.1. The molecular weight excluding hydrogens is 433 g/mol. The third kappa shape index (κ3) is 5.44. The van der Waals surface area contributed by atoms with Crippen LogP contribution in [0.3, 0.4) is 0 Å². The SMILES string of the molecule is Cc1cc(O[C@H](C)C(=O)N(Cc2ccccc2Cl)[C@@H]2CCS(=O)(=O)C2)ccc1Cl. The first-order chi connectivity index (χ1) is 13.7. The van der Waals surface area contributed by atoms with Crippen molar-refractivity contribution in [2.75, 3.05) is 11.5 Å². The quantitative estimate of drug-likeness (QED) is 0.651. The van der Waals surface area contributed by atoms with E-state index in [0.717, 1.165) is 11.1 Å². The van der Waals surface area contributed by atoms with Crippen molar-refractivity contribution in [1.82, 2.24) is 4.90 Å². The molecule has 0 aliphatic carbocycles. The molecule has 156 valence electrons. The van der Waals surface area contributed by atoms with Gasteiger partial charge in [0.2, 0.25) is 0 Å². The Morgan fingerprint density at radius 1 is 1.21 bits per heavy atom. The number of carbonyl (C=O) groups excluding carboxylic acids is 1. The summed E-state index contributed by atoms with van der Waals surface area (Å²) in [7, 11) is -3.15. The van der Waals surface area contributed by atoms with Crippen molar-refractivity contribution >= 4 is 38.9 Å². The minimum atomic E-state index is -3.15. The Labute approximate surface area is 181 Å². The van der Waals surface area contributed by atoms with E-state index in [1.807, 2.05) is 25.1 Å². The molecule has 5 nitrogen and oxygen atoms in total. The summed E-state index contributed by atoms with van der Waals surface area (Å²) in [6.07, 6.45) is -0.382. The third-order valence-electron chi connectivity index (χ3n) is 5.02. The monoisotopic (exact) mass is 455 g/mol. The van der Waals surface area contributed by atoms with Gasteiger partial charge in [-0.15, -0.1) is 0 Å². The van der Waals surface area contributed by atoms with E-state index in [9.17, 15) is 13.2 Å². The van der Waals surface area contributed by atoms with Gasteiger partial charge in [-0.25, -0.2) is 8.42 Å². The second-order valence-corrected chi connectivity index (χ2v) is 10.3. The highest BCUT2D eigenvalue weighted by Gasteiger charge is 2.36. The van der Waals surface area contributed by atoms with Crippen LogP contribution < -0.4 is 4.74 Å². The predicted molar refractivity (Wildman–Crippen MR) is 115 cm³/mol. The summed E-state index contributed by atoms with van der Waals surface area (Å²) in [5, 5.41) is 1.15. The smallest absolute Gasteiger partial charge is 0.263 e. The van der Waals surface area contributed by atoms with Gasteiger partial charge in [0.05, 0.1) is 11.5 Å². The number of rotatable bonds is 6. The van der Waals surface area contributed by atoms with Crippen molar-refractivity contribution < 1.29 is 17.9 Å². The van der Waals surface area contributed by atoms with Gasteiger partial charge in [0, 0.05) is 22.6 Å². The summed E-state index contributed by atoms with van der Waals surface area (Å²) in [4.78, 5) is 14.8. The average molecular weight is 456 g/mol. The van der Waals surface area contributed by atoms with E-state index in [1.54, 1.807) is 36.1 Å². The third-order valence-corrected chi connectivity index (χ3v) is 7.56. The minimum Gasteiger partial charge on any atom is -0.481 e. The number of amides is 1. The van der Waals surface area contributed by atoms with Gasteiger partial charge in [-0.2, -0.15) is 0 Å². The maximum absolute atomic E-state index is 13.3. The first kappa shape index (κ1) is 21.9. The van der Waals surface area contributed by atoms with Gasteiger partial charge in [-0.1, -0.05) is 41.4 Å². The number of nitrogens with zero attached hydrogens (tertiary/aromatic N) is 1. The molecule has 0 N–H and O–H groups in total. The van der Waals surface area contributed by atoms with E-state index in [2.05, 4.69) is 0 Å². The van der Waals surface area contributed by atoms with Crippen LogP contribution in [0.25, 0.3) is 0 Å². The number of aryl methyl sites for hydroxylation is 1. The molecule has 0 bridgehead atoms. The molecule has 1 heterocycles. The maximum atomic E-state index is 13.3. The van der Waals surface area contributed by atoms with Crippen LogP contribution in [-0.4, -0.2) is 42.9 Å². The first-order valence-corrected chi connectivity index (χ1v) is 11.9. The zero-order valence-electron chi connectivity index (χ0n) is 16.3. The summed E-state index contributed by atoms with van der Waals surface area (Å²) in [5.74, 6) is 0.287. The zero-order chi connectivity index (χ0) is 21.2. The number of hydrogen-bond acceptors (Lipinski definition) is 4. The van der Waals surface area contributed by atoms with Crippen LogP contribution in [0.2, 0.25) is 10.0 Å². The average Bonchev–Trinajstić information content (AvgIpc) is 3.03. The molecule has 1 saturated heterocycles. The molecule has 1 aliphatic heterocycles. The van der Waals surface area contributed by atoms with Crippen molar-refractivity contribution in [1.29, 1.82) is 0 Å². The van der Waals surface area contributed by atoms with Gasteiger partial charge in [0.25, 0.3) is 5.91 Å². The fourth-order valence-corrected chi connectivity index (χ4v) is 5.44. The number of halogens is 2. The van der Waals surface area contributed by atoms with Crippen LogP contribution in [-0.2, 0) is 21.2 Å². The molecule has 0 radical (unpaired) electrons. The second-order valence-electron chi connectivity index (χ2n) is 7.29. The van der Waals surface area contributed by atoms with Crippen molar-refractivity contribution in [2.45, 2.75) is 39.0 Å². The van der Waals surface area contributed by atoms with Crippen LogP contribution in [0.4, 0.5) is 0 Å². The van der Waals surface area contributed by atoms with Gasteiger partial charge in [0.1, 0.15) is 5.75 Å². The van der Waals surface area contributed by atoms with Crippen molar-refractivity contribution in [3.05, 3.63) is 63.6 Å². The van der Waals surface area contributed by atoms with E-state index in [1.165, 1.54) is 0 Å². The molecule has 0 spiro atoms. The maximum Gasteiger partial charge on any atom is 0.263 e. The van der Waals surface area contributed by atoms with E-state index in [4.69, 9.17) is 27.9 Å². The standard InChI is InChI=1S/C21H23Cl2NO4S/c1-14-11-18(7-8-19(14)22)28-15(2)21(25)24(17-9-10-29(26,27)13-17)12-16-5-3-4-6-20(16)23/h3-8,11,15,17H,9-10,12-13H2,1-2H3/t15-,17-/m1/s1. The molecule has 1 aliphatic rings. The Morgan fingerprint density at radius 3 is 2.55 bits per heavy atom. The van der Waals surface area contributed by atoms with Crippen LogP contribution in [0.5, 0.6) is 5.75 Å². The van der Waals surface area contributed by atoms with Crippen molar-refractivity contribution in [2.24, 2.45) is 0 Å². The fraction of sp³-hybridized carbons (Fsp3) is 0.381. The minimum absolute atomic E-state index is 0.0457. The van der Waals surface area contributed by atoms with E-state index < -0.39 is 22.0 Å². The molecule has 2 aromatic rings. The Kier molecular flexibility index (Phi) is 6.76. The molecule has 1 fully saturated rings. The molecular formula is C21H23Cl2NO4S. The molecule has 8 heteroatoms. The Balaban J connectivity index is 1.82. The lowest BCUT2D eigenvalue weighted by molar-refractivity contribution is -0.140. The Hall–Kier alpha value is -1.76. The van der Waals surface area contributed by atoms with Crippen LogP contribution >= 0.6 is 23.2 Å². The van der Waals surface area contributed by atoms with Gasteiger partial charge in [-0.3, -0.25) is 4.79 Å². The highest BCUT2D eigenvalue weighted by atomic mass is 35.5. The molecule has 3 rings (SSSR count). The number of ether oxygens (including phenoxy) is 1. The number of hydrogen-bond donors (Lipinski definition) is 0. The summed E-state index contributed by atoms with van der Waals surface area (Å²) < 4.78 is 29.9. The van der Waals surface area contributed by atoms with Crippen LogP contribution in [0.15, 0.2) is 42.5 Å². The summed E-state index contributed by atoms with van der Waals surface area (Å²) in [6, 6.07) is 12.0. The van der Waals surface area contributed by atoms with Crippen LogP contribution in [0, 0.1) is 6.92 Å². The zero-order valence-corrected chi connectivity index (χ0v) is 18.6. The normalized spacial score (nSPS) is 19.0. The molecule has 1 amide bonds. The fourth-order valence-electron chi connectivity index (χ4n) is 3.40. The lowest BCUT2D eigenvalue weighted by Gasteiger charge is -2.31. The van der Waals surface area contributed by atoms with Crippen molar-refractivity contribution in [3.8, 4) is 5.75 Å². The number of benzene rings is 2. The van der Waals surface area contributed by atoms with Crippen LogP contribution in [0.1, 0.15) is 24.5 Å². The summed E-state index contributed by atoms with van der Waals surface area (Å²) in [5.41, 5.74) is 1.61. The Morgan fingerprint density at radius 2 is 1.93 bits per heavy atom. The largest absolute Gasteiger partial charge is 0.481 e.